The molecule has 0 spiro atoms. The van der Waals surface area contributed by atoms with Crippen LogP contribution in [0.4, 0.5) is 0 Å². The van der Waals surface area contributed by atoms with Crippen LogP contribution in [-0.2, 0) is 4.74 Å². The molecular weight excluding hydrogens is 156 g/mol. The predicted molar refractivity (Wildman–Crippen MR) is 46.7 cm³/mol. The Bertz CT molecular complexity index is 130. The molecule has 0 amide bonds. The van der Waals surface area contributed by atoms with E-state index in [4.69, 9.17) is 9.84 Å². The maximum absolute atomic E-state index is 8.97. The second kappa shape index (κ2) is 4.77. The van der Waals surface area contributed by atoms with Gasteiger partial charge in [-0.3, -0.25) is 4.90 Å². The summed E-state index contributed by atoms with van der Waals surface area (Å²) in [5.74, 6) is 0. The van der Waals surface area contributed by atoms with Gasteiger partial charge in [0.2, 0.25) is 0 Å². The third-order valence-corrected chi connectivity index (χ3v) is 1.83. The van der Waals surface area contributed by atoms with Crippen LogP contribution in [0.1, 0.15) is 13.8 Å². The highest BCUT2D eigenvalue weighted by molar-refractivity contribution is 4.65. The Balaban J connectivity index is 2.00. The molecule has 12 heavy (non-hydrogen) atoms. The van der Waals surface area contributed by atoms with Crippen LogP contribution in [0.25, 0.3) is 0 Å². The fraction of sp³-hybridized carbons (Fsp3) is 1.00. The molecule has 0 aromatic rings. The molecule has 4 nitrogen and oxygen atoms in total. The van der Waals surface area contributed by atoms with E-state index in [0.29, 0.717) is 19.4 Å². The molecule has 0 saturated carbocycles. The van der Waals surface area contributed by atoms with Gasteiger partial charge >= 0.3 is 0 Å². The monoisotopic (exact) mass is 174 g/mol. The molecular formula is C8H18N2O2. The van der Waals surface area contributed by atoms with Crippen molar-refractivity contribution in [2.75, 3.05) is 26.5 Å². The zero-order chi connectivity index (χ0) is 8.97. The first-order chi connectivity index (χ1) is 5.68. The summed E-state index contributed by atoms with van der Waals surface area (Å²) >= 11 is 0. The zero-order valence-electron chi connectivity index (χ0n) is 7.79. The second-order valence-corrected chi connectivity index (χ2v) is 3.42. The van der Waals surface area contributed by atoms with E-state index < -0.39 is 0 Å². The Kier molecular flexibility index (Phi) is 3.94. The van der Waals surface area contributed by atoms with Crippen molar-refractivity contribution in [3.8, 4) is 0 Å². The van der Waals surface area contributed by atoms with Gasteiger partial charge in [0.25, 0.3) is 0 Å². The summed E-state index contributed by atoms with van der Waals surface area (Å²) < 4.78 is 5.35. The third kappa shape index (κ3) is 3.49. The van der Waals surface area contributed by atoms with E-state index in [2.05, 4.69) is 17.1 Å². The normalized spacial score (nSPS) is 27.8. The predicted octanol–water partition coefficient (Wildman–Crippen LogP) is -0.407. The lowest BCUT2D eigenvalue weighted by Gasteiger charge is -2.14. The molecule has 0 aromatic heterocycles. The molecule has 72 valence electrons. The molecule has 0 bridgehead atoms. The van der Waals surface area contributed by atoms with Crippen molar-refractivity contribution in [1.82, 2.24) is 10.2 Å². The lowest BCUT2D eigenvalue weighted by molar-refractivity contribution is 0.0944. The van der Waals surface area contributed by atoms with E-state index >= 15 is 0 Å². The first-order valence-corrected chi connectivity index (χ1v) is 4.41. The van der Waals surface area contributed by atoms with E-state index in [0.717, 1.165) is 13.2 Å². The summed E-state index contributed by atoms with van der Waals surface area (Å²) in [6, 6.07) is 0. The number of aliphatic hydroxyl groups excluding tert-OH is 1. The van der Waals surface area contributed by atoms with Crippen LogP contribution in [0.15, 0.2) is 0 Å². The Labute approximate surface area is 73.5 Å². The quantitative estimate of drug-likeness (QED) is 0.608. The largest absolute Gasteiger partial charge is 0.392 e. The number of hydrogen-bond acceptors (Lipinski definition) is 4. The molecule has 0 radical (unpaired) electrons. The molecule has 2 unspecified atom stereocenters. The van der Waals surface area contributed by atoms with Gasteiger partial charge in [-0.1, -0.05) is 0 Å². The lowest BCUT2D eigenvalue weighted by atomic mass is 10.4. The molecule has 2 N–H and O–H groups in total. The number of nitrogens with zero attached hydrogens (tertiary/aromatic N) is 1. The summed E-state index contributed by atoms with van der Waals surface area (Å²) in [5, 5.41) is 12.1. The molecule has 0 aliphatic carbocycles. The minimum absolute atomic E-state index is 0.272. The Hall–Kier alpha value is -0.160. The van der Waals surface area contributed by atoms with Crippen molar-refractivity contribution in [3.05, 3.63) is 0 Å². The summed E-state index contributed by atoms with van der Waals surface area (Å²) in [4.78, 5) is 2.17. The highest BCUT2D eigenvalue weighted by atomic mass is 16.5. The van der Waals surface area contributed by atoms with Gasteiger partial charge in [0.1, 0.15) is 6.73 Å². The van der Waals surface area contributed by atoms with E-state index in [1.165, 1.54) is 0 Å². The van der Waals surface area contributed by atoms with Gasteiger partial charge in [0.15, 0.2) is 0 Å². The van der Waals surface area contributed by atoms with E-state index in [1.807, 2.05) is 0 Å². The van der Waals surface area contributed by atoms with Crippen LogP contribution in [0.3, 0.4) is 0 Å². The first kappa shape index (κ1) is 9.92. The SMILES string of the molecule is CC(O)CNCN1COC(C)C1. The molecule has 0 aromatic carbocycles. The van der Waals surface area contributed by atoms with Crippen molar-refractivity contribution in [2.45, 2.75) is 26.1 Å². The van der Waals surface area contributed by atoms with Crippen molar-refractivity contribution in [1.29, 1.82) is 0 Å². The van der Waals surface area contributed by atoms with E-state index in [1.54, 1.807) is 6.92 Å². The van der Waals surface area contributed by atoms with Gasteiger partial charge < -0.3 is 15.2 Å². The molecule has 1 aliphatic heterocycles. The molecule has 1 heterocycles. The van der Waals surface area contributed by atoms with Crippen LogP contribution in [0.2, 0.25) is 0 Å². The van der Waals surface area contributed by atoms with Gasteiger partial charge in [0, 0.05) is 13.1 Å². The van der Waals surface area contributed by atoms with Crippen molar-refractivity contribution in [3.63, 3.8) is 0 Å². The van der Waals surface area contributed by atoms with Gasteiger partial charge in [-0.2, -0.15) is 0 Å². The van der Waals surface area contributed by atoms with E-state index in [-0.39, 0.29) is 6.10 Å². The third-order valence-electron chi connectivity index (χ3n) is 1.83. The summed E-state index contributed by atoms with van der Waals surface area (Å²) in [6.07, 6.45) is 0.0734. The Morgan fingerprint density at radius 3 is 3.00 bits per heavy atom. The minimum Gasteiger partial charge on any atom is -0.392 e. The first-order valence-electron chi connectivity index (χ1n) is 4.41. The maximum atomic E-state index is 8.97. The Morgan fingerprint density at radius 2 is 2.50 bits per heavy atom. The van der Waals surface area contributed by atoms with Gasteiger partial charge in [-0.05, 0) is 13.8 Å². The Morgan fingerprint density at radius 1 is 1.75 bits per heavy atom. The number of aliphatic hydroxyl groups is 1. The fourth-order valence-corrected chi connectivity index (χ4v) is 1.24. The lowest BCUT2D eigenvalue weighted by Crippen LogP contribution is -2.36. The average Bonchev–Trinajstić information content (AvgIpc) is 2.35. The zero-order valence-corrected chi connectivity index (χ0v) is 7.79. The highest BCUT2D eigenvalue weighted by Crippen LogP contribution is 2.04. The van der Waals surface area contributed by atoms with Crippen molar-refractivity contribution in [2.24, 2.45) is 0 Å². The molecule has 1 rings (SSSR count). The van der Waals surface area contributed by atoms with Gasteiger partial charge in [0.05, 0.1) is 18.9 Å². The van der Waals surface area contributed by atoms with E-state index in [9.17, 15) is 0 Å². The van der Waals surface area contributed by atoms with Crippen LogP contribution in [-0.4, -0.2) is 48.7 Å². The van der Waals surface area contributed by atoms with Crippen LogP contribution >= 0.6 is 0 Å². The van der Waals surface area contributed by atoms with Crippen LogP contribution in [0.5, 0.6) is 0 Å². The molecule has 1 saturated heterocycles. The number of rotatable bonds is 4. The number of nitrogens with one attached hydrogen (secondary N) is 1. The summed E-state index contributed by atoms with van der Waals surface area (Å²) in [5.41, 5.74) is 0. The smallest absolute Gasteiger partial charge is 0.101 e. The van der Waals surface area contributed by atoms with Crippen molar-refractivity contribution >= 4 is 0 Å². The number of ether oxygens (including phenoxy) is 1. The highest BCUT2D eigenvalue weighted by Gasteiger charge is 2.17. The van der Waals surface area contributed by atoms with Crippen LogP contribution in [0, 0.1) is 0 Å². The number of hydrogen-bond donors (Lipinski definition) is 2. The standard InChI is InChI=1S/C8H18N2O2/c1-7(11)3-9-5-10-4-8(2)12-6-10/h7-9,11H,3-6H2,1-2H3. The minimum atomic E-state index is -0.272. The molecule has 1 aliphatic rings. The van der Waals surface area contributed by atoms with Gasteiger partial charge in [-0.15, -0.1) is 0 Å². The fourth-order valence-electron chi connectivity index (χ4n) is 1.24. The van der Waals surface area contributed by atoms with Crippen molar-refractivity contribution < 1.29 is 9.84 Å². The second-order valence-electron chi connectivity index (χ2n) is 3.42. The topological polar surface area (TPSA) is 44.7 Å². The summed E-state index contributed by atoms with van der Waals surface area (Å²) in [6.45, 7) is 6.96. The average molecular weight is 174 g/mol. The molecule has 2 atom stereocenters. The molecule has 1 fully saturated rings. The molecule has 4 heteroatoms. The van der Waals surface area contributed by atoms with Crippen LogP contribution < -0.4 is 5.32 Å². The maximum Gasteiger partial charge on any atom is 0.101 e. The van der Waals surface area contributed by atoms with Gasteiger partial charge in [-0.25, -0.2) is 0 Å². The summed E-state index contributed by atoms with van der Waals surface area (Å²) in [7, 11) is 0.